The summed E-state index contributed by atoms with van der Waals surface area (Å²) in [4.78, 5) is 23.5. The summed E-state index contributed by atoms with van der Waals surface area (Å²) < 4.78 is 13.1. The number of carbonyl (C=O) groups is 1. The minimum absolute atomic E-state index is 0.0859. The van der Waals surface area contributed by atoms with Crippen molar-refractivity contribution >= 4 is 34.3 Å². The monoisotopic (exact) mass is 459 g/mol. The molecular weight excluding hydrogens is 433 g/mol. The van der Waals surface area contributed by atoms with E-state index in [0.717, 1.165) is 27.8 Å². The van der Waals surface area contributed by atoms with Crippen LogP contribution in [0.2, 0.25) is 0 Å². The highest BCUT2D eigenvalue weighted by atomic mass is 19.1. The molecule has 0 aliphatic rings. The van der Waals surface area contributed by atoms with Gasteiger partial charge in [-0.1, -0.05) is 18.2 Å². The van der Waals surface area contributed by atoms with Crippen molar-refractivity contribution in [2.45, 2.75) is 13.0 Å². The Morgan fingerprint density at radius 3 is 2.35 bits per heavy atom. The zero-order chi connectivity index (χ0) is 24.1. The van der Waals surface area contributed by atoms with Crippen LogP contribution < -0.4 is 15.5 Å². The Labute approximate surface area is 197 Å². The van der Waals surface area contributed by atoms with Crippen LogP contribution >= 0.6 is 0 Å². The molecule has 1 aromatic heterocycles. The number of anilines is 3. The van der Waals surface area contributed by atoms with E-state index in [4.69, 9.17) is 0 Å². The van der Waals surface area contributed by atoms with Gasteiger partial charge in [-0.15, -0.1) is 0 Å². The standard InChI is InChI=1S/C26H26FN5O2/c1-32(2)26-30-23-15-17(13-14-33)5-12-22(23)24(31-26)28-16-18-3-10-21(11-4-18)29-25(34)19-6-8-20(27)9-7-19/h3-12,15,33H,13-14,16H2,1-2H3,(H,29,34)(H,28,30,31). The van der Waals surface area contributed by atoms with Crippen LogP contribution in [0, 0.1) is 5.82 Å². The molecule has 8 heteroatoms. The van der Waals surface area contributed by atoms with E-state index in [-0.39, 0.29) is 18.3 Å². The van der Waals surface area contributed by atoms with Crippen LogP contribution in [0.5, 0.6) is 0 Å². The van der Waals surface area contributed by atoms with E-state index >= 15 is 0 Å². The van der Waals surface area contributed by atoms with Crippen LogP contribution in [0.15, 0.2) is 66.7 Å². The number of benzene rings is 3. The van der Waals surface area contributed by atoms with E-state index in [1.54, 1.807) is 0 Å². The van der Waals surface area contributed by atoms with Crippen LogP contribution in [0.1, 0.15) is 21.5 Å². The van der Waals surface area contributed by atoms with Gasteiger partial charge in [0.15, 0.2) is 0 Å². The average molecular weight is 460 g/mol. The normalized spacial score (nSPS) is 10.8. The Bertz CT molecular complexity index is 1290. The summed E-state index contributed by atoms with van der Waals surface area (Å²) in [5, 5.41) is 16.3. The van der Waals surface area contributed by atoms with Gasteiger partial charge in [0, 0.05) is 43.9 Å². The summed E-state index contributed by atoms with van der Waals surface area (Å²) in [5.41, 5.74) is 3.88. The van der Waals surface area contributed by atoms with Gasteiger partial charge in [0.2, 0.25) is 5.95 Å². The zero-order valence-electron chi connectivity index (χ0n) is 19.0. The maximum absolute atomic E-state index is 13.1. The largest absolute Gasteiger partial charge is 0.396 e. The lowest BCUT2D eigenvalue weighted by atomic mass is 10.1. The van der Waals surface area contributed by atoms with E-state index in [1.807, 2.05) is 61.5 Å². The minimum atomic E-state index is -0.381. The number of nitrogens with zero attached hydrogens (tertiary/aromatic N) is 3. The number of hydrogen-bond acceptors (Lipinski definition) is 6. The molecule has 3 aromatic carbocycles. The van der Waals surface area contributed by atoms with Crippen LogP contribution in [-0.2, 0) is 13.0 Å². The zero-order valence-corrected chi connectivity index (χ0v) is 19.0. The SMILES string of the molecule is CN(C)c1nc(NCc2ccc(NC(=O)c3ccc(F)cc3)cc2)c2ccc(CCO)cc2n1. The smallest absolute Gasteiger partial charge is 0.255 e. The van der Waals surface area contributed by atoms with E-state index in [9.17, 15) is 14.3 Å². The van der Waals surface area contributed by atoms with E-state index in [2.05, 4.69) is 20.6 Å². The number of carbonyl (C=O) groups excluding carboxylic acids is 1. The topological polar surface area (TPSA) is 90.4 Å². The van der Waals surface area contributed by atoms with Gasteiger partial charge < -0.3 is 20.6 Å². The second kappa shape index (κ2) is 10.3. The fourth-order valence-corrected chi connectivity index (χ4v) is 3.48. The molecule has 3 N–H and O–H groups in total. The molecule has 0 bridgehead atoms. The van der Waals surface area contributed by atoms with Crippen molar-refractivity contribution in [3.8, 4) is 0 Å². The van der Waals surface area contributed by atoms with Gasteiger partial charge in [0.25, 0.3) is 5.91 Å². The van der Waals surface area contributed by atoms with Crippen molar-refractivity contribution in [3.05, 3.63) is 89.2 Å². The Morgan fingerprint density at radius 1 is 0.971 bits per heavy atom. The molecule has 34 heavy (non-hydrogen) atoms. The fraction of sp³-hybridized carbons (Fsp3) is 0.192. The lowest BCUT2D eigenvalue weighted by molar-refractivity contribution is 0.102. The summed E-state index contributed by atoms with van der Waals surface area (Å²) in [5.74, 6) is 0.635. The van der Waals surface area contributed by atoms with Crippen molar-refractivity contribution in [1.82, 2.24) is 9.97 Å². The molecule has 0 radical (unpaired) electrons. The first-order valence-electron chi connectivity index (χ1n) is 10.9. The van der Waals surface area contributed by atoms with Crippen molar-refractivity contribution in [2.75, 3.05) is 36.2 Å². The highest BCUT2D eigenvalue weighted by Crippen LogP contribution is 2.25. The quantitative estimate of drug-likeness (QED) is 0.365. The predicted molar refractivity (Wildman–Crippen MR) is 133 cm³/mol. The molecule has 0 saturated heterocycles. The molecular formula is C26H26FN5O2. The Morgan fingerprint density at radius 2 is 1.68 bits per heavy atom. The Balaban J connectivity index is 1.47. The third kappa shape index (κ3) is 5.47. The molecule has 4 aromatic rings. The summed E-state index contributed by atoms with van der Waals surface area (Å²) >= 11 is 0. The first-order chi connectivity index (χ1) is 16.4. The second-order valence-electron chi connectivity index (χ2n) is 8.10. The second-order valence-corrected chi connectivity index (χ2v) is 8.10. The molecule has 0 atom stereocenters. The van der Waals surface area contributed by atoms with E-state index in [1.165, 1.54) is 24.3 Å². The lowest BCUT2D eigenvalue weighted by Crippen LogP contribution is -2.14. The van der Waals surface area contributed by atoms with Gasteiger partial charge in [-0.2, -0.15) is 4.98 Å². The molecule has 0 aliphatic carbocycles. The minimum Gasteiger partial charge on any atom is -0.396 e. The molecule has 4 rings (SSSR count). The molecule has 0 fully saturated rings. The third-order valence-corrected chi connectivity index (χ3v) is 5.33. The lowest BCUT2D eigenvalue weighted by Gasteiger charge is -2.15. The number of rotatable bonds is 8. The first-order valence-corrected chi connectivity index (χ1v) is 10.9. The maximum Gasteiger partial charge on any atom is 0.255 e. The summed E-state index contributed by atoms with van der Waals surface area (Å²) in [6, 6.07) is 18.8. The number of aliphatic hydroxyl groups is 1. The van der Waals surface area contributed by atoms with Crippen molar-refractivity contribution in [3.63, 3.8) is 0 Å². The average Bonchev–Trinajstić information content (AvgIpc) is 2.83. The van der Waals surface area contributed by atoms with Gasteiger partial charge in [-0.05, 0) is 66.1 Å². The summed E-state index contributed by atoms with van der Waals surface area (Å²) in [7, 11) is 3.78. The molecule has 7 nitrogen and oxygen atoms in total. The van der Waals surface area contributed by atoms with Crippen LogP contribution in [-0.4, -0.2) is 41.7 Å². The number of aliphatic hydroxyl groups excluding tert-OH is 1. The fourth-order valence-electron chi connectivity index (χ4n) is 3.48. The molecule has 174 valence electrons. The molecule has 1 heterocycles. The predicted octanol–water partition coefficient (Wildman–Crippen LogP) is 4.23. The van der Waals surface area contributed by atoms with Gasteiger partial charge >= 0.3 is 0 Å². The molecule has 0 aliphatic heterocycles. The highest BCUT2D eigenvalue weighted by Gasteiger charge is 2.11. The van der Waals surface area contributed by atoms with Crippen molar-refractivity contribution in [1.29, 1.82) is 0 Å². The molecule has 1 amide bonds. The Kier molecular flexibility index (Phi) is 6.98. The summed E-state index contributed by atoms with van der Waals surface area (Å²) in [6.07, 6.45) is 0.573. The van der Waals surface area contributed by atoms with Gasteiger partial charge in [-0.3, -0.25) is 4.79 Å². The Hall–Kier alpha value is -4.04. The van der Waals surface area contributed by atoms with E-state index < -0.39 is 0 Å². The molecule has 0 unspecified atom stereocenters. The van der Waals surface area contributed by atoms with Gasteiger partial charge in [0.1, 0.15) is 11.6 Å². The molecule has 0 spiro atoms. The number of halogens is 1. The third-order valence-electron chi connectivity index (χ3n) is 5.33. The van der Waals surface area contributed by atoms with Crippen LogP contribution in [0.3, 0.4) is 0 Å². The number of aromatic nitrogens is 2. The summed E-state index contributed by atoms with van der Waals surface area (Å²) in [6.45, 7) is 0.617. The highest BCUT2D eigenvalue weighted by molar-refractivity contribution is 6.04. The van der Waals surface area contributed by atoms with Crippen molar-refractivity contribution < 1.29 is 14.3 Å². The first kappa shape index (κ1) is 23.1. The van der Waals surface area contributed by atoms with Crippen molar-refractivity contribution in [2.24, 2.45) is 0 Å². The number of fused-ring (bicyclic) bond motifs is 1. The van der Waals surface area contributed by atoms with Crippen LogP contribution in [0.4, 0.5) is 21.8 Å². The number of hydrogen-bond donors (Lipinski definition) is 3. The van der Waals surface area contributed by atoms with Crippen LogP contribution in [0.25, 0.3) is 10.9 Å². The van der Waals surface area contributed by atoms with Gasteiger partial charge in [-0.25, -0.2) is 9.37 Å². The maximum atomic E-state index is 13.1. The number of amides is 1. The van der Waals surface area contributed by atoms with E-state index in [0.29, 0.717) is 30.2 Å². The molecule has 0 saturated carbocycles. The number of nitrogens with one attached hydrogen (secondary N) is 2. The van der Waals surface area contributed by atoms with Gasteiger partial charge in [0.05, 0.1) is 5.52 Å².